The first-order valence-electron chi connectivity index (χ1n) is 5.05. The molecule has 0 heterocycles. The van der Waals surface area contributed by atoms with Crippen molar-refractivity contribution in [3.63, 3.8) is 0 Å². The average molecular weight is 231 g/mol. The average Bonchev–Trinajstić information content (AvgIpc) is 2.19. The lowest BCUT2D eigenvalue weighted by Crippen LogP contribution is -2.67. The summed E-state index contributed by atoms with van der Waals surface area (Å²) in [4.78, 5) is 22.8. The molecule has 15 heavy (non-hydrogen) atoms. The van der Waals surface area contributed by atoms with Crippen LogP contribution in [0.4, 0.5) is 0 Å². The summed E-state index contributed by atoms with van der Waals surface area (Å²) in [7, 11) is 1.36. The van der Waals surface area contributed by atoms with Gasteiger partial charge in [0.15, 0.2) is 0 Å². The highest BCUT2D eigenvalue weighted by atomic mass is 32.2. The van der Waals surface area contributed by atoms with Crippen LogP contribution < -0.4 is 5.32 Å². The highest BCUT2D eigenvalue weighted by molar-refractivity contribution is 8.00. The minimum atomic E-state index is -0.777. The fraction of sp³-hybridized carbons (Fsp3) is 0.800. The monoisotopic (exact) mass is 231 g/mol. The Labute approximate surface area is 94.1 Å². The lowest BCUT2D eigenvalue weighted by molar-refractivity contribution is -0.154. The summed E-state index contributed by atoms with van der Waals surface area (Å²) in [5, 5.41) is 2.90. The molecule has 0 spiro atoms. The molecule has 1 amide bonds. The molecular weight excluding hydrogens is 214 g/mol. The molecule has 2 atom stereocenters. The third-order valence-corrected chi connectivity index (χ3v) is 4.04. The molecule has 0 aliphatic heterocycles. The Morgan fingerprint density at radius 2 is 2.27 bits per heavy atom. The lowest BCUT2D eigenvalue weighted by Gasteiger charge is -2.46. The molecule has 4 nitrogen and oxygen atoms in total. The maximum atomic E-state index is 11.7. The highest BCUT2D eigenvalue weighted by Crippen LogP contribution is 2.42. The summed E-state index contributed by atoms with van der Waals surface area (Å²) < 4.78 is 4.77. The molecule has 0 saturated heterocycles. The van der Waals surface area contributed by atoms with E-state index >= 15 is 0 Å². The van der Waals surface area contributed by atoms with Gasteiger partial charge in [0, 0.05) is 12.2 Å². The zero-order valence-electron chi connectivity index (χ0n) is 9.33. The molecule has 1 rings (SSSR count). The number of esters is 1. The van der Waals surface area contributed by atoms with Crippen molar-refractivity contribution in [1.29, 1.82) is 0 Å². The second-order valence-electron chi connectivity index (χ2n) is 3.63. The van der Waals surface area contributed by atoms with Crippen LogP contribution in [0.25, 0.3) is 0 Å². The van der Waals surface area contributed by atoms with E-state index in [4.69, 9.17) is 4.74 Å². The number of carbonyl (C=O) groups is 2. The Morgan fingerprint density at radius 1 is 1.60 bits per heavy atom. The third kappa shape index (κ3) is 2.27. The van der Waals surface area contributed by atoms with Gasteiger partial charge in [-0.3, -0.25) is 4.79 Å². The number of hydrogen-bond acceptors (Lipinski definition) is 4. The molecule has 5 heteroatoms. The van der Waals surface area contributed by atoms with Crippen LogP contribution >= 0.6 is 11.8 Å². The molecule has 1 aliphatic rings. The number of carbonyl (C=O) groups excluding carboxylic acids is 2. The topological polar surface area (TPSA) is 55.4 Å². The van der Waals surface area contributed by atoms with Crippen LogP contribution in [0.5, 0.6) is 0 Å². The van der Waals surface area contributed by atoms with Gasteiger partial charge in [-0.15, -0.1) is 0 Å². The largest absolute Gasteiger partial charge is 0.467 e. The minimum Gasteiger partial charge on any atom is -0.467 e. The normalized spacial score (nSPS) is 29.1. The smallest absolute Gasteiger partial charge is 0.332 e. The van der Waals surface area contributed by atoms with E-state index in [0.717, 1.165) is 12.2 Å². The molecule has 0 aromatic carbocycles. The van der Waals surface area contributed by atoms with Gasteiger partial charge in [0.05, 0.1) is 7.11 Å². The Hall–Kier alpha value is -0.710. The third-order valence-electron chi connectivity index (χ3n) is 2.67. The molecule has 1 saturated carbocycles. The number of ether oxygens (including phenoxy) is 1. The van der Waals surface area contributed by atoms with E-state index in [1.165, 1.54) is 14.0 Å². The summed E-state index contributed by atoms with van der Waals surface area (Å²) in [5.41, 5.74) is -0.777. The zero-order chi connectivity index (χ0) is 11.5. The van der Waals surface area contributed by atoms with Gasteiger partial charge < -0.3 is 10.1 Å². The van der Waals surface area contributed by atoms with Crippen LogP contribution in [0.2, 0.25) is 0 Å². The first kappa shape index (κ1) is 12.4. The van der Waals surface area contributed by atoms with Gasteiger partial charge >= 0.3 is 5.97 Å². The Kier molecular flexibility index (Phi) is 4.02. The molecule has 0 aromatic rings. The Balaban J connectivity index is 2.77. The molecule has 86 valence electrons. The molecule has 0 unspecified atom stereocenters. The standard InChI is InChI=1S/C10H17NO3S/c1-4-15-8-5-6-10(8,9(13)14-3)11-7(2)12/h8H,4-6H2,1-3H3,(H,11,12)/t8-,10+/m1/s1. The number of amides is 1. The van der Waals surface area contributed by atoms with Gasteiger partial charge in [0.1, 0.15) is 5.54 Å². The second-order valence-corrected chi connectivity index (χ2v) is 5.11. The van der Waals surface area contributed by atoms with E-state index in [-0.39, 0.29) is 17.1 Å². The second kappa shape index (κ2) is 4.88. The minimum absolute atomic E-state index is 0.152. The maximum absolute atomic E-state index is 11.7. The van der Waals surface area contributed by atoms with E-state index in [0.29, 0.717) is 6.42 Å². The van der Waals surface area contributed by atoms with Crippen molar-refractivity contribution in [1.82, 2.24) is 5.32 Å². The van der Waals surface area contributed by atoms with E-state index in [2.05, 4.69) is 5.32 Å². The summed E-state index contributed by atoms with van der Waals surface area (Å²) in [5.74, 6) is 0.430. The van der Waals surface area contributed by atoms with Crippen LogP contribution in [0.3, 0.4) is 0 Å². The number of nitrogens with one attached hydrogen (secondary N) is 1. The predicted molar refractivity (Wildman–Crippen MR) is 59.7 cm³/mol. The van der Waals surface area contributed by atoms with Crippen LogP contribution in [0.1, 0.15) is 26.7 Å². The summed E-state index contributed by atoms with van der Waals surface area (Å²) in [6.45, 7) is 3.47. The summed E-state index contributed by atoms with van der Waals surface area (Å²) >= 11 is 1.70. The number of methoxy groups -OCH3 is 1. The molecule has 1 fully saturated rings. The van der Waals surface area contributed by atoms with Gasteiger partial charge in [0.2, 0.25) is 5.91 Å². The van der Waals surface area contributed by atoms with Crippen molar-refractivity contribution in [2.75, 3.05) is 12.9 Å². The highest BCUT2D eigenvalue weighted by Gasteiger charge is 2.54. The van der Waals surface area contributed by atoms with Gasteiger partial charge in [-0.2, -0.15) is 11.8 Å². The number of hydrogen-bond donors (Lipinski definition) is 1. The van der Waals surface area contributed by atoms with Crippen molar-refractivity contribution in [2.24, 2.45) is 0 Å². The summed E-state index contributed by atoms with van der Waals surface area (Å²) in [6.07, 6.45) is 1.63. The molecule has 0 radical (unpaired) electrons. The molecule has 0 bridgehead atoms. The van der Waals surface area contributed by atoms with Gasteiger partial charge in [-0.1, -0.05) is 6.92 Å². The first-order chi connectivity index (χ1) is 7.06. The molecule has 1 aliphatic carbocycles. The molecule has 0 aromatic heterocycles. The lowest BCUT2D eigenvalue weighted by atomic mass is 9.76. The van der Waals surface area contributed by atoms with Crippen molar-refractivity contribution in [3.05, 3.63) is 0 Å². The number of thioether (sulfide) groups is 1. The van der Waals surface area contributed by atoms with Gasteiger partial charge in [0.25, 0.3) is 0 Å². The quantitative estimate of drug-likeness (QED) is 0.732. The Morgan fingerprint density at radius 3 is 2.60 bits per heavy atom. The van der Waals surface area contributed by atoms with Gasteiger partial charge in [-0.25, -0.2) is 4.79 Å². The SMILES string of the molecule is CCS[C@@H]1CC[C@@]1(NC(C)=O)C(=O)OC. The van der Waals surface area contributed by atoms with Crippen molar-refractivity contribution >= 4 is 23.6 Å². The maximum Gasteiger partial charge on any atom is 0.332 e. The van der Waals surface area contributed by atoms with E-state index in [1.807, 2.05) is 6.92 Å². The van der Waals surface area contributed by atoms with E-state index in [1.54, 1.807) is 11.8 Å². The molecular formula is C10H17NO3S. The van der Waals surface area contributed by atoms with Crippen LogP contribution in [0, 0.1) is 0 Å². The Bertz CT molecular complexity index is 269. The zero-order valence-corrected chi connectivity index (χ0v) is 10.1. The van der Waals surface area contributed by atoms with Crippen molar-refractivity contribution < 1.29 is 14.3 Å². The predicted octanol–water partition coefficient (Wildman–Crippen LogP) is 0.950. The van der Waals surface area contributed by atoms with E-state index in [9.17, 15) is 9.59 Å². The van der Waals surface area contributed by atoms with Crippen molar-refractivity contribution in [3.8, 4) is 0 Å². The summed E-state index contributed by atoms with van der Waals surface area (Å²) in [6, 6.07) is 0. The van der Waals surface area contributed by atoms with Crippen molar-refractivity contribution in [2.45, 2.75) is 37.5 Å². The first-order valence-corrected chi connectivity index (χ1v) is 6.10. The van der Waals surface area contributed by atoms with E-state index < -0.39 is 5.54 Å². The van der Waals surface area contributed by atoms with Crippen LogP contribution in [0.15, 0.2) is 0 Å². The van der Waals surface area contributed by atoms with Crippen LogP contribution in [-0.4, -0.2) is 35.5 Å². The number of rotatable bonds is 4. The fourth-order valence-corrected chi connectivity index (χ4v) is 3.15. The van der Waals surface area contributed by atoms with Crippen LogP contribution in [-0.2, 0) is 14.3 Å². The van der Waals surface area contributed by atoms with Gasteiger partial charge in [-0.05, 0) is 18.6 Å². The fourth-order valence-electron chi connectivity index (χ4n) is 1.90. The molecule has 1 N–H and O–H groups in total.